The van der Waals surface area contributed by atoms with Crippen molar-refractivity contribution in [2.45, 2.75) is 44.8 Å². The van der Waals surface area contributed by atoms with Gasteiger partial charge in [-0.1, -0.05) is 29.3 Å². The third-order valence-corrected chi connectivity index (χ3v) is 8.36. The van der Waals surface area contributed by atoms with Crippen LogP contribution in [0.2, 0.25) is 10.0 Å². The largest absolute Gasteiger partial charge is 0.492 e. The molecule has 5 rings (SSSR count). The van der Waals surface area contributed by atoms with Crippen LogP contribution < -0.4 is 26.1 Å². The van der Waals surface area contributed by atoms with E-state index in [-0.39, 0.29) is 53.3 Å². The van der Waals surface area contributed by atoms with Gasteiger partial charge in [0.2, 0.25) is 11.3 Å². The van der Waals surface area contributed by atoms with E-state index in [1.165, 1.54) is 13.2 Å². The van der Waals surface area contributed by atoms with Crippen molar-refractivity contribution in [2.75, 3.05) is 38.2 Å². The number of piperazine rings is 1. The molecule has 3 N–H and O–H groups in total. The Balaban J connectivity index is 1.50. The Labute approximate surface area is 246 Å². The molecule has 218 valence electrons. The molecule has 1 aliphatic heterocycles. The van der Waals surface area contributed by atoms with Crippen LogP contribution in [0, 0.1) is 5.82 Å². The van der Waals surface area contributed by atoms with Crippen molar-refractivity contribution in [1.29, 1.82) is 0 Å². The molecule has 1 saturated heterocycles. The van der Waals surface area contributed by atoms with Crippen molar-refractivity contribution in [1.82, 2.24) is 14.8 Å². The molecular formula is C29H32Cl2FN5O4. The lowest BCUT2D eigenvalue weighted by molar-refractivity contribution is -0.118. The number of anilines is 1. The molecule has 0 bridgehead atoms. The molecule has 2 aromatic carbocycles. The van der Waals surface area contributed by atoms with Gasteiger partial charge in [0.1, 0.15) is 11.3 Å². The van der Waals surface area contributed by atoms with Crippen molar-refractivity contribution in [3.8, 4) is 5.75 Å². The molecular weight excluding hydrogens is 572 g/mol. The normalized spacial score (nSPS) is 17.6. The number of pyridine rings is 1. The molecule has 3 aromatic rings. The number of aromatic nitrogens is 1. The predicted octanol–water partition coefficient (Wildman–Crippen LogP) is 4.11. The van der Waals surface area contributed by atoms with Gasteiger partial charge in [-0.15, -0.1) is 0 Å². The highest BCUT2D eigenvalue weighted by molar-refractivity contribution is 6.35. The SMILES string of the molecule is COc1c(N2CCN(CCC(N)=O)C(C)C2)c(F)cc2c(=O)c(C(=O)NCc3ccc(Cl)cc3Cl)cn(C3CC3)c12. The molecule has 1 atom stereocenters. The highest BCUT2D eigenvalue weighted by Crippen LogP contribution is 2.44. The number of nitrogens with zero attached hydrogens (tertiary/aromatic N) is 3. The Bertz CT molecular complexity index is 1580. The van der Waals surface area contributed by atoms with Crippen LogP contribution >= 0.6 is 23.2 Å². The molecule has 0 spiro atoms. The number of carbonyl (C=O) groups is 2. The molecule has 2 aliphatic rings. The fourth-order valence-electron chi connectivity index (χ4n) is 5.45. The van der Waals surface area contributed by atoms with E-state index in [4.69, 9.17) is 33.7 Å². The first-order valence-corrected chi connectivity index (χ1v) is 14.3. The Morgan fingerprint density at radius 1 is 1.20 bits per heavy atom. The number of primary amides is 1. The standard InChI is InChI=1S/C29H32Cl2FN5O4/c1-16-14-36(10-9-35(16)8-7-24(33)38)26-23(32)12-20-25(28(26)41-2)37(19-5-6-19)15-21(27(20)39)29(40)34-13-17-3-4-18(30)11-22(17)31/h3-4,11-12,15-16,19H,5-10,13-14H2,1-2H3,(H2,33,38)(H,34,40). The van der Waals surface area contributed by atoms with Crippen molar-refractivity contribution < 1.29 is 18.7 Å². The number of ether oxygens (including phenoxy) is 1. The molecule has 12 heteroatoms. The van der Waals surface area contributed by atoms with Crippen LogP contribution in [0.15, 0.2) is 35.3 Å². The summed E-state index contributed by atoms with van der Waals surface area (Å²) >= 11 is 12.2. The molecule has 1 saturated carbocycles. The lowest BCUT2D eigenvalue weighted by atomic mass is 10.1. The fraction of sp³-hybridized carbons (Fsp3) is 0.414. The molecule has 2 heterocycles. The lowest BCUT2D eigenvalue weighted by Crippen LogP contribution is -2.52. The van der Waals surface area contributed by atoms with Gasteiger partial charge in [0, 0.05) is 67.5 Å². The average molecular weight is 605 g/mol. The van der Waals surface area contributed by atoms with Crippen LogP contribution in [0.5, 0.6) is 5.75 Å². The van der Waals surface area contributed by atoms with E-state index in [1.54, 1.807) is 24.4 Å². The van der Waals surface area contributed by atoms with Crippen molar-refractivity contribution >= 4 is 51.6 Å². The van der Waals surface area contributed by atoms with E-state index in [1.807, 2.05) is 16.4 Å². The molecule has 41 heavy (non-hydrogen) atoms. The number of amides is 2. The van der Waals surface area contributed by atoms with E-state index in [2.05, 4.69) is 10.2 Å². The number of halogens is 3. The number of fused-ring (bicyclic) bond motifs is 1. The molecule has 1 aromatic heterocycles. The summed E-state index contributed by atoms with van der Waals surface area (Å²) in [5.74, 6) is -1.28. The van der Waals surface area contributed by atoms with E-state index in [9.17, 15) is 14.4 Å². The summed E-state index contributed by atoms with van der Waals surface area (Å²) in [4.78, 5) is 42.1. The maximum atomic E-state index is 15.9. The van der Waals surface area contributed by atoms with Crippen LogP contribution in [0.25, 0.3) is 10.9 Å². The second kappa shape index (κ2) is 11.9. The summed E-state index contributed by atoms with van der Waals surface area (Å²) in [7, 11) is 1.46. The van der Waals surface area contributed by atoms with Gasteiger partial charge in [0.25, 0.3) is 5.91 Å². The quantitative estimate of drug-likeness (QED) is 0.381. The third kappa shape index (κ3) is 6.00. The Morgan fingerprint density at radius 3 is 2.59 bits per heavy atom. The van der Waals surface area contributed by atoms with Gasteiger partial charge in [0.05, 0.1) is 18.0 Å². The summed E-state index contributed by atoms with van der Waals surface area (Å²) in [5.41, 5.74) is 6.06. The van der Waals surface area contributed by atoms with Crippen molar-refractivity contribution in [3.05, 3.63) is 67.7 Å². The maximum absolute atomic E-state index is 15.9. The number of nitrogens with two attached hydrogens (primary N) is 1. The monoisotopic (exact) mass is 603 g/mol. The minimum absolute atomic E-state index is 0.0359. The van der Waals surface area contributed by atoms with Gasteiger partial charge in [-0.2, -0.15) is 0 Å². The predicted molar refractivity (Wildman–Crippen MR) is 158 cm³/mol. The smallest absolute Gasteiger partial charge is 0.257 e. The zero-order valence-electron chi connectivity index (χ0n) is 22.9. The molecule has 0 radical (unpaired) electrons. The van der Waals surface area contributed by atoms with E-state index in [0.29, 0.717) is 47.3 Å². The lowest BCUT2D eigenvalue weighted by Gasteiger charge is -2.41. The number of benzene rings is 2. The molecule has 1 unspecified atom stereocenters. The zero-order valence-corrected chi connectivity index (χ0v) is 24.4. The highest BCUT2D eigenvalue weighted by atomic mass is 35.5. The van der Waals surface area contributed by atoms with Gasteiger partial charge in [-0.3, -0.25) is 19.3 Å². The summed E-state index contributed by atoms with van der Waals surface area (Å²) in [6, 6.07) is 6.26. The van der Waals surface area contributed by atoms with Gasteiger partial charge in [-0.05, 0) is 43.5 Å². The van der Waals surface area contributed by atoms with Gasteiger partial charge in [-0.25, -0.2) is 4.39 Å². The first kappa shape index (κ1) is 29.2. The second-order valence-corrected chi connectivity index (χ2v) is 11.5. The maximum Gasteiger partial charge on any atom is 0.257 e. The van der Waals surface area contributed by atoms with Crippen molar-refractivity contribution in [2.24, 2.45) is 5.73 Å². The molecule has 1 aliphatic carbocycles. The van der Waals surface area contributed by atoms with E-state index in [0.717, 1.165) is 12.8 Å². The third-order valence-electron chi connectivity index (χ3n) is 7.77. The Morgan fingerprint density at radius 2 is 1.95 bits per heavy atom. The second-order valence-electron chi connectivity index (χ2n) is 10.6. The summed E-state index contributed by atoms with van der Waals surface area (Å²) in [6.45, 7) is 4.26. The summed E-state index contributed by atoms with van der Waals surface area (Å²) in [6.07, 6.45) is 3.54. The molecule has 9 nitrogen and oxygen atoms in total. The van der Waals surface area contributed by atoms with Crippen molar-refractivity contribution in [3.63, 3.8) is 0 Å². The number of hydrogen-bond acceptors (Lipinski definition) is 6. The Kier molecular flexibility index (Phi) is 8.45. The first-order chi connectivity index (χ1) is 19.6. The number of methoxy groups -OCH3 is 1. The number of hydrogen-bond donors (Lipinski definition) is 2. The summed E-state index contributed by atoms with van der Waals surface area (Å²) < 4.78 is 23.5. The minimum atomic E-state index is -0.600. The van der Waals surface area contributed by atoms with E-state index < -0.39 is 17.2 Å². The topological polar surface area (TPSA) is 110 Å². The fourth-order valence-corrected chi connectivity index (χ4v) is 5.93. The first-order valence-electron chi connectivity index (χ1n) is 13.5. The van der Waals surface area contributed by atoms with Gasteiger partial charge >= 0.3 is 0 Å². The number of carbonyl (C=O) groups excluding carboxylic acids is 2. The summed E-state index contributed by atoms with van der Waals surface area (Å²) in [5, 5.41) is 3.71. The van der Waals surface area contributed by atoms with E-state index >= 15 is 4.39 Å². The number of rotatable bonds is 9. The minimum Gasteiger partial charge on any atom is -0.492 e. The Hall–Kier alpha value is -3.34. The zero-order chi connectivity index (χ0) is 29.4. The van der Waals surface area contributed by atoms with Crippen LogP contribution in [-0.2, 0) is 11.3 Å². The van der Waals surface area contributed by atoms with Crippen LogP contribution in [-0.4, -0.2) is 60.6 Å². The average Bonchev–Trinajstić information content (AvgIpc) is 3.77. The number of nitrogens with one attached hydrogen (secondary N) is 1. The molecule has 2 fully saturated rings. The van der Waals surface area contributed by atoms with Crippen LogP contribution in [0.3, 0.4) is 0 Å². The highest BCUT2D eigenvalue weighted by Gasteiger charge is 2.33. The van der Waals surface area contributed by atoms with Crippen LogP contribution in [0.4, 0.5) is 10.1 Å². The molecule has 2 amide bonds. The van der Waals surface area contributed by atoms with Gasteiger partial charge in [0.15, 0.2) is 11.6 Å². The van der Waals surface area contributed by atoms with Crippen LogP contribution in [0.1, 0.15) is 48.1 Å². The van der Waals surface area contributed by atoms with Gasteiger partial charge < -0.3 is 25.3 Å².